The predicted molar refractivity (Wildman–Crippen MR) is 57.1 cm³/mol. The Balaban J connectivity index is 2.43. The number of methoxy groups -OCH3 is 1. The van der Waals surface area contributed by atoms with Gasteiger partial charge in [-0.25, -0.2) is 0 Å². The van der Waals surface area contributed by atoms with E-state index < -0.39 is 0 Å². The van der Waals surface area contributed by atoms with Crippen LogP contribution in [-0.4, -0.2) is 19.5 Å². The number of benzene rings is 1. The Hall–Kier alpha value is -1.77. The van der Waals surface area contributed by atoms with Gasteiger partial charge in [0.25, 0.3) is 0 Å². The van der Waals surface area contributed by atoms with Gasteiger partial charge in [-0.1, -0.05) is 0 Å². The minimum absolute atomic E-state index is 0.0449. The average molecular weight is 204 g/mol. The maximum absolute atomic E-state index is 11.2. The second kappa shape index (κ2) is 3.77. The van der Waals surface area contributed by atoms with Crippen LogP contribution in [0.4, 0.5) is 0 Å². The molecule has 0 atom stereocenters. The fourth-order valence-corrected chi connectivity index (χ4v) is 1.49. The Kier molecular flexibility index (Phi) is 2.46. The summed E-state index contributed by atoms with van der Waals surface area (Å²) in [5, 5.41) is 0. The summed E-state index contributed by atoms with van der Waals surface area (Å²) < 4.78 is 10.6. The highest BCUT2D eigenvalue weighted by Crippen LogP contribution is 2.29. The molecule has 2 rings (SSSR count). The summed E-state index contributed by atoms with van der Waals surface area (Å²) in [5.41, 5.74) is 1.58. The van der Waals surface area contributed by atoms with Crippen LogP contribution in [0.2, 0.25) is 0 Å². The first-order valence-corrected chi connectivity index (χ1v) is 4.73. The molecule has 0 aromatic heterocycles. The van der Waals surface area contributed by atoms with Crippen molar-refractivity contribution >= 4 is 11.9 Å². The molecule has 1 aromatic rings. The highest BCUT2D eigenvalue weighted by molar-refractivity contribution is 5.99. The summed E-state index contributed by atoms with van der Waals surface area (Å²) >= 11 is 0. The maximum atomic E-state index is 11.2. The van der Waals surface area contributed by atoms with Crippen molar-refractivity contribution in [2.75, 3.05) is 13.7 Å². The van der Waals surface area contributed by atoms with Gasteiger partial charge in [-0.3, -0.25) is 4.79 Å². The van der Waals surface area contributed by atoms with Crippen LogP contribution >= 0.6 is 0 Å². The van der Waals surface area contributed by atoms with Crippen LogP contribution in [0.1, 0.15) is 12.5 Å². The van der Waals surface area contributed by atoms with Crippen molar-refractivity contribution in [2.45, 2.75) is 6.92 Å². The van der Waals surface area contributed by atoms with E-state index >= 15 is 0 Å². The number of carbonyl (C=O) groups is 1. The van der Waals surface area contributed by atoms with E-state index in [4.69, 9.17) is 9.47 Å². The van der Waals surface area contributed by atoms with E-state index in [0.717, 1.165) is 17.1 Å². The molecule has 0 saturated carbocycles. The number of ketones is 1. The zero-order valence-electron chi connectivity index (χ0n) is 8.74. The van der Waals surface area contributed by atoms with Crippen molar-refractivity contribution < 1.29 is 14.3 Å². The topological polar surface area (TPSA) is 35.5 Å². The molecule has 15 heavy (non-hydrogen) atoms. The van der Waals surface area contributed by atoms with E-state index in [1.165, 1.54) is 0 Å². The molecule has 1 aliphatic rings. The minimum atomic E-state index is 0.0449. The average Bonchev–Trinajstić information content (AvgIpc) is 2.27. The van der Waals surface area contributed by atoms with Crippen LogP contribution in [-0.2, 0) is 4.79 Å². The molecule has 1 heterocycles. The van der Waals surface area contributed by atoms with Crippen LogP contribution < -0.4 is 9.47 Å². The number of carbonyl (C=O) groups excluding carboxylic acids is 1. The first-order chi connectivity index (χ1) is 7.20. The van der Waals surface area contributed by atoms with Crippen molar-refractivity contribution in [1.29, 1.82) is 0 Å². The van der Waals surface area contributed by atoms with Crippen LogP contribution in [0.5, 0.6) is 11.5 Å². The van der Waals surface area contributed by atoms with Gasteiger partial charge < -0.3 is 9.47 Å². The van der Waals surface area contributed by atoms with Gasteiger partial charge >= 0.3 is 0 Å². The van der Waals surface area contributed by atoms with Gasteiger partial charge in [0.15, 0.2) is 5.78 Å². The summed E-state index contributed by atoms with van der Waals surface area (Å²) in [7, 11) is 1.61. The van der Waals surface area contributed by atoms with Crippen LogP contribution in [0.15, 0.2) is 23.8 Å². The molecule has 0 spiro atoms. The molecule has 0 radical (unpaired) electrons. The molecule has 0 N–H and O–H groups in total. The molecule has 1 aromatic carbocycles. The Morgan fingerprint density at radius 1 is 1.47 bits per heavy atom. The zero-order valence-corrected chi connectivity index (χ0v) is 8.74. The molecule has 0 fully saturated rings. The van der Waals surface area contributed by atoms with Gasteiger partial charge in [-0.2, -0.15) is 0 Å². The largest absolute Gasteiger partial charge is 0.497 e. The van der Waals surface area contributed by atoms with Crippen molar-refractivity contribution in [2.24, 2.45) is 0 Å². The molecule has 0 saturated heterocycles. The van der Waals surface area contributed by atoms with Crippen LogP contribution in [0.3, 0.4) is 0 Å². The Labute approximate surface area is 88.3 Å². The molecular formula is C12H12O3. The lowest BCUT2D eigenvalue weighted by atomic mass is 10.1. The van der Waals surface area contributed by atoms with Gasteiger partial charge in [0.1, 0.15) is 18.1 Å². The standard InChI is InChI=1S/C12H12O3/c1-8(13)10-5-9-6-11(14-2)3-4-12(9)15-7-10/h3-6H,7H2,1-2H3. The van der Waals surface area contributed by atoms with Gasteiger partial charge in [0.2, 0.25) is 0 Å². The molecular weight excluding hydrogens is 192 g/mol. The Morgan fingerprint density at radius 3 is 2.93 bits per heavy atom. The third kappa shape index (κ3) is 1.86. The lowest BCUT2D eigenvalue weighted by molar-refractivity contribution is -0.113. The summed E-state index contributed by atoms with van der Waals surface area (Å²) in [5.74, 6) is 1.60. The Bertz CT molecular complexity index is 432. The third-order valence-electron chi connectivity index (χ3n) is 2.38. The number of fused-ring (bicyclic) bond motifs is 1. The van der Waals surface area contributed by atoms with Crippen LogP contribution in [0, 0.1) is 0 Å². The van der Waals surface area contributed by atoms with Gasteiger partial charge in [0, 0.05) is 11.1 Å². The van der Waals surface area contributed by atoms with Crippen LogP contribution in [0.25, 0.3) is 6.08 Å². The van der Waals surface area contributed by atoms with Gasteiger partial charge in [-0.05, 0) is 31.2 Å². The maximum Gasteiger partial charge on any atom is 0.159 e. The molecule has 0 unspecified atom stereocenters. The molecule has 0 amide bonds. The van der Waals surface area contributed by atoms with Gasteiger partial charge in [0.05, 0.1) is 7.11 Å². The lowest BCUT2D eigenvalue weighted by Gasteiger charge is -2.16. The summed E-state index contributed by atoms with van der Waals surface area (Å²) in [6, 6.07) is 5.55. The quantitative estimate of drug-likeness (QED) is 0.739. The van der Waals surface area contributed by atoms with Gasteiger partial charge in [-0.15, -0.1) is 0 Å². The Morgan fingerprint density at radius 2 is 2.27 bits per heavy atom. The highest BCUT2D eigenvalue weighted by Gasteiger charge is 2.14. The lowest BCUT2D eigenvalue weighted by Crippen LogP contribution is -2.12. The molecule has 3 nitrogen and oxygen atoms in total. The number of ether oxygens (including phenoxy) is 2. The normalized spacial score (nSPS) is 13.6. The number of rotatable bonds is 2. The number of hydrogen-bond donors (Lipinski definition) is 0. The van der Waals surface area contributed by atoms with E-state index in [-0.39, 0.29) is 5.78 Å². The zero-order chi connectivity index (χ0) is 10.8. The number of hydrogen-bond acceptors (Lipinski definition) is 3. The smallest absolute Gasteiger partial charge is 0.159 e. The minimum Gasteiger partial charge on any atom is -0.497 e. The molecule has 1 aliphatic heterocycles. The van der Waals surface area contributed by atoms with E-state index in [2.05, 4.69) is 0 Å². The first kappa shape index (κ1) is 9.77. The van der Waals surface area contributed by atoms with E-state index in [1.807, 2.05) is 24.3 Å². The predicted octanol–water partition coefficient (Wildman–Crippen LogP) is 2.06. The fraction of sp³-hybridized carbons (Fsp3) is 0.250. The SMILES string of the molecule is COc1ccc2c(c1)C=C(C(C)=O)CO2. The van der Waals surface area contributed by atoms with Crippen molar-refractivity contribution in [3.63, 3.8) is 0 Å². The van der Waals surface area contributed by atoms with Crippen molar-refractivity contribution in [1.82, 2.24) is 0 Å². The second-order valence-electron chi connectivity index (χ2n) is 3.42. The fourth-order valence-electron chi connectivity index (χ4n) is 1.49. The van der Waals surface area contributed by atoms with E-state index in [0.29, 0.717) is 12.2 Å². The van der Waals surface area contributed by atoms with Crippen molar-refractivity contribution in [3.05, 3.63) is 29.3 Å². The summed E-state index contributed by atoms with van der Waals surface area (Å²) in [4.78, 5) is 11.2. The number of Topliss-reactive ketones (excluding diaryl/α,β-unsaturated/α-hetero) is 1. The second-order valence-corrected chi connectivity index (χ2v) is 3.42. The summed E-state index contributed by atoms with van der Waals surface area (Å²) in [6.07, 6.45) is 1.85. The molecule has 0 aliphatic carbocycles. The first-order valence-electron chi connectivity index (χ1n) is 4.73. The molecule has 78 valence electrons. The molecule has 3 heteroatoms. The summed E-state index contributed by atoms with van der Waals surface area (Å²) in [6.45, 7) is 1.90. The van der Waals surface area contributed by atoms with Crippen molar-refractivity contribution in [3.8, 4) is 11.5 Å². The monoisotopic (exact) mass is 204 g/mol. The molecule has 0 bridgehead atoms. The van der Waals surface area contributed by atoms with E-state index in [1.54, 1.807) is 14.0 Å². The third-order valence-corrected chi connectivity index (χ3v) is 2.38. The highest BCUT2D eigenvalue weighted by atomic mass is 16.5. The van der Waals surface area contributed by atoms with E-state index in [9.17, 15) is 4.79 Å².